The highest BCUT2D eigenvalue weighted by molar-refractivity contribution is 7.89. The third kappa shape index (κ3) is 6.34. The van der Waals surface area contributed by atoms with E-state index in [4.69, 9.17) is 9.47 Å². The Morgan fingerprint density at radius 1 is 0.912 bits per heavy atom. The van der Waals surface area contributed by atoms with Gasteiger partial charge in [-0.1, -0.05) is 12.1 Å². The van der Waals surface area contributed by atoms with Gasteiger partial charge in [0, 0.05) is 44.1 Å². The van der Waals surface area contributed by atoms with Crippen LogP contribution in [0.4, 0.5) is 11.4 Å². The summed E-state index contributed by atoms with van der Waals surface area (Å²) >= 11 is 0. The zero-order chi connectivity index (χ0) is 24.0. The summed E-state index contributed by atoms with van der Waals surface area (Å²) in [5, 5.41) is 2.84. The Labute approximate surface area is 201 Å². The average Bonchev–Trinajstić information content (AvgIpc) is 2.86. The molecule has 0 atom stereocenters. The molecule has 0 unspecified atom stereocenters. The smallest absolute Gasteiger partial charge is 0.243 e. The van der Waals surface area contributed by atoms with Gasteiger partial charge in [-0.05, 0) is 49.0 Å². The quantitative estimate of drug-likeness (QED) is 0.604. The van der Waals surface area contributed by atoms with Crippen LogP contribution in [0.3, 0.4) is 0 Å². The van der Waals surface area contributed by atoms with E-state index >= 15 is 0 Å². The van der Waals surface area contributed by atoms with Gasteiger partial charge < -0.3 is 19.7 Å². The number of rotatable bonds is 8. The lowest BCUT2D eigenvalue weighted by atomic mass is 10.1. The van der Waals surface area contributed by atoms with Gasteiger partial charge in [0.25, 0.3) is 0 Å². The maximum Gasteiger partial charge on any atom is 0.243 e. The molecular formula is C24H32N4O5S. The zero-order valence-electron chi connectivity index (χ0n) is 19.5. The average molecular weight is 489 g/mol. The Hall–Kier alpha value is -2.50. The summed E-state index contributed by atoms with van der Waals surface area (Å²) in [7, 11) is -1.65. The van der Waals surface area contributed by atoms with E-state index in [0.29, 0.717) is 38.5 Å². The number of benzene rings is 2. The molecule has 2 aromatic carbocycles. The number of hydrogen-bond acceptors (Lipinski definition) is 7. The fourth-order valence-corrected chi connectivity index (χ4v) is 5.50. The molecule has 1 amide bonds. The standard InChI is InChI=1S/C24H32N4O5S/c1-26(18-20-2-6-22(7-3-20)27-10-14-32-15-11-27)19-24(29)25-21-4-8-23(9-5-21)34(30,31)28-12-16-33-17-13-28/h2-9H,10-19H2,1H3,(H,25,29). The van der Waals surface area contributed by atoms with Gasteiger partial charge in [-0.2, -0.15) is 4.31 Å². The van der Waals surface area contributed by atoms with Crippen molar-refractivity contribution in [3.63, 3.8) is 0 Å². The molecule has 0 saturated carbocycles. The number of nitrogens with one attached hydrogen (secondary N) is 1. The SMILES string of the molecule is CN(CC(=O)Nc1ccc(S(=O)(=O)N2CCOCC2)cc1)Cc1ccc(N2CCOCC2)cc1. The predicted octanol–water partition coefficient (Wildman–Crippen LogP) is 1.61. The van der Waals surface area contributed by atoms with E-state index in [1.54, 1.807) is 12.1 Å². The van der Waals surface area contributed by atoms with Crippen LogP contribution in [0.1, 0.15) is 5.56 Å². The lowest BCUT2D eigenvalue weighted by Gasteiger charge is -2.29. The first-order valence-corrected chi connectivity index (χ1v) is 12.9. The minimum Gasteiger partial charge on any atom is -0.379 e. The van der Waals surface area contributed by atoms with Crippen molar-refractivity contribution >= 4 is 27.3 Å². The van der Waals surface area contributed by atoms with Crippen LogP contribution >= 0.6 is 0 Å². The first-order valence-electron chi connectivity index (χ1n) is 11.5. The van der Waals surface area contributed by atoms with Crippen molar-refractivity contribution in [2.75, 3.05) is 76.4 Å². The molecule has 2 aliphatic rings. The number of carbonyl (C=O) groups is 1. The van der Waals surface area contributed by atoms with Gasteiger partial charge in [0.1, 0.15) is 0 Å². The molecular weight excluding hydrogens is 456 g/mol. The van der Waals surface area contributed by atoms with Crippen molar-refractivity contribution in [1.82, 2.24) is 9.21 Å². The van der Waals surface area contributed by atoms with Crippen LogP contribution in [0.25, 0.3) is 0 Å². The van der Waals surface area contributed by atoms with Crippen LogP contribution in [0.5, 0.6) is 0 Å². The molecule has 0 radical (unpaired) electrons. The lowest BCUT2D eigenvalue weighted by Crippen LogP contribution is -2.40. The summed E-state index contributed by atoms with van der Waals surface area (Å²) in [6.45, 7) is 5.69. The second-order valence-electron chi connectivity index (χ2n) is 8.53. The van der Waals surface area contributed by atoms with Crippen LogP contribution in [0, 0.1) is 0 Å². The molecule has 9 nitrogen and oxygen atoms in total. The zero-order valence-corrected chi connectivity index (χ0v) is 20.3. The molecule has 2 heterocycles. The Morgan fingerprint density at radius 3 is 2.12 bits per heavy atom. The number of nitrogens with zero attached hydrogens (tertiary/aromatic N) is 3. The summed E-state index contributed by atoms with van der Waals surface area (Å²) < 4.78 is 37.5. The van der Waals surface area contributed by atoms with Crippen LogP contribution < -0.4 is 10.2 Å². The molecule has 1 N–H and O–H groups in total. The number of ether oxygens (including phenoxy) is 2. The minimum absolute atomic E-state index is 0.156. The molecule has 0 bridgehead atoms. The van der Waals surface area contributed by atoms with E-state index in [1.165, 1.54) is 22.1 Å². The number of sulfonamides is 1. The van der Waals surface area contributed by atoms with E-state index in [9.17, 15) is 13.2 Å². The van der Waals surface area contributed by atoms with Crippen LogP contribution in [-0.4, -0.2) is 89.7 Å². The van der Waals surface area contributed by atoms with Gasteiger partial charge >= 0.3 is 0 Å². The van der Waals surface area contributed by atoms with Gasteiger partial charge in [0.05, 0.1) is 37.9 Å². The van der Waals surface area contributed by atoms with Gasteiger partial charge in [0.2, 0.25) is 15.9 Å². The Balaban J connectivity index is 1.26. The highest BCUT2D eigenvalue weighted by atomic mass is 32.2. The largest absolute Gasteiger partial charge is 0.379 e. The highest BCUT2D eigenvalue weighted by Crippen LogP contribution is 2.20. The van der Waals surface area contributed by atoms with E-state index in [1.807, 2.05) is 11.9 Å². The third-order valence-electron chi connectivity index (χ3n) is 5.92. The molecule has 34 heavy (non-hydrogen) atoms. The second-order valence-corrected chi connectivity index (χ2v) is 10.5. The number of hydrogen-bond donors (Lipinski definition) is 1. The maximum absolute atomic E-state index is 12.7. The van der Waals surface area contributed by atoms with Gasteiger partial charge in [0.15, 0.2) is 0 Å². The highest BCUT2D eigenvalue weighted by Gasteiger charge is 2.26. The van der Waals surface area contributed by atoms with Gasteiger partial charge in [-0.15, -0.1) is 0 Å². The van der Waals surface area contributed by atoms with Crippen LogP contribution in [0.2, 0.25) is 0 Å². The predicted molar refractivity (Wildman–Crippen MR) is 130 cm³/mol. The van der Waals surface area contributed by atoms with Crippen molar-refractivity contribution in [2.24, 2.45) is 0 Å². The molecule has 0 spiro atoms. The number of likely N-dealkylation sites (N-methyl/N-ethyl adjacent to an activating group) is 1. The molecule has 184 valence electrons. The number of carbonyl (C=O) groups excluding carboxylic acids is 1. The molecule has 2 aromatic rings. The number of amides is 1. The summed E-state index contributed by atoms with van der Waals surface area (Å²) in [4.78, 5) is 17.0. The number of anilines is 2. The molecule has 0 aromatic heterocycles. The van der Waals surface area contributed by atoms with Gasteiger partial charge in [-0.3, -0.25) is 9.69 Å². The topological polar surface area (TPSA) is 91.4 Å². The summed E-state index contributed by atoms with van der Waals surface area (Å²) in [6, 6.07) is 14.7. The number of morpholine rings is 2. The molecule has 10 heteroatoms. The molecule has 2 saturated heterocycles. The molecule has 2 fully saturated rings. The van der Waals surface area contributed by atoms with E-state index in [-0.39, 0.29) is 17.3 Å². The van der Waals surface area contributed by atoms with Crippen molar-refractivity contribution in [1.29, 1.82) is 0 Å². The molecule has 4 rings (SSSR count). The first kappa shape index (κ1) is 24.6. The van der Waals surface area contributed by atoms with Crippen LogP contribution in [0.15, 0.2) is 53.4 Å². The molecule has 2 aliphatic heterocycles. The minimum atomic E-state index is -3.55. The summed E-state index contributed by atoms with van der Waals surface area (Å²) in [5.74, 6) is -0.156. The lowest BCUT2D eigenvalue weighted by molar-refractivity contribution is -0.117. The summed E-state index contributed by atoms with van der Waals surface area (Å²) in [6.07, 6.45) is 0. The monoisotopic (exact) mass is 488 g/mol. The maximum atomic E-state index is 12.7. The Morgan fingerprint density at radius 2 is 1.50 bits per heavy atom. The Kier molecular flexibility index (Phi) is 8.17. The van der Waals surface area contributed by atoms with E-state index < -0.39 is 10.0 Å². The van der Waals surface area contributed by atoms with Crippen molar-refractivity contribution in [2.45, 2.75) is 11.4 Å². The van der Waals surface area contributed by atoms with Crippen molar-refractivity contribution < 1.29 is 22.7 Å². The first-order chi connectivity index (χ1) is 16.4. The Bertz CT molecular complexity index is 1050. The summed E-state index contributed by atoms with van der Waals surface area (Å²) in [5.41, 5.74) is 2.88. The fraction of sp³-hybridized carbons (Fsp3) is 0.458. The fourth-order valence-electron chi connectivity index (χ4n) is 4.09. The third-order valence-corrected chi connectivity index (χ3v) is 7.84. The van der Waals surface area contributed by atoms with Crippen molar-refractivity contribution in [3.8, 4) is 0 Å². The van der Waals surface area contributed by atoms with Crippen molar-refractivity contribution in [3.05, 3.63) is 54.1 Å². The van der Waals surface area contributed by atoms with E-state index in [2.05, 4.69) is 34.5 Å². The second kappa shape index (κ2) is 11.3. The van der Waals surface area contributed by atoms with Crippen LogP contribution in [-0.2, 0) is 30.8 Å². The van der Waals surface area contributed by atoms with E-state index in [0.717, 1.165) is 31.9 Å². The molecule has 0 aliphatic carbocycles. The van der Waals surface area contributed by atoms with Gasteiger partial charge in [-0.25, -0.2) is 8.42 Å². The normalized spacial score (nSPS) is 17.6.